The smallest absolute Gasteiger partial charge is 0.221 e. The predicted octanol–water partition coefficient (Wildman–Crippen LogP) is 1.06. The molecule has 1 saturated carbocycles. The molecule has 0 heterocycles. The molecule has 3 nitrogen and oxygen atoms in total. The first-order valence-corrected chi connectivity index (χ1v) is 4.32. The van der Waals surface area contributed by atoms with E-state index in [0.29, 0.717) is 18.3 Å². The summed E-state index contributed by atoms with van der Waals surface area (Å²) in [6.07, 6.45) is 1.75. The highest BCUT2D eigenvalue weighted by molar-refractivity contribution is 5.77. The Hall–Kier alpha value is -1.04. The molecule has 12 heavy (non-hydrogen) atoms. The fourth-order valence-electron chi connectivity index (χ4n) is 1.25. The fourth-order valence-corrected chi connectivity index (χ4v) is 1.25. The van der Waals surface area contributed by atoms with E-state index >= 15 is 0 Å². The van der Waals surface area contributed by atoms with Crippen molar-refractivity contribution in [2.24, 2.45) is 11.8 Å². The zero-order valence-corrected chi connectivity index (χ0v) is 7.50. The van der Waals surface area contributed by atoms with Gasteiger partial charge in [-0.15, -0.1) is 0 Å². The Balaban J connectivity index is 2.17. The maximum Gasteiger partial charge on any atom is 0.221 e. The lowest BCUT2D eigenvalue weighted by atomic mass is 10.2. The zero-order chi connectivity index (χ0) is 9.14. The van der Waals surface area contributed by atoms with Crippen LogP contribution in [0.2, 0.25) is 0 Å². The van der Waals surface area contributed by atoms with Crippen LogP contribution in [0.5, 0.6) is 0 Å². The van der Waals surface area contributed by atoms with Crippen LogP contribution in [-0.4, -0.2) is 11.9 Å². The summed E-state index contributed by atoms with van der Waals surface area (Å²) in [6.45, 7) is 3.83. The van der Waals surface area contributed by atoms with E-state index in [0.717, 1.165) is 6.42 Å². The molecule has 1 aliphatic carbocycles. The van der Waals surface area contributed by atoms with Gasteiger partial charge in [-0.1, -0.05) is 6.92 Å². The maximum absolute atomic E-state index is 11.1. The van der Waals surface area contributed by atoms with Crippen LogP contribution in [0.3, 0.4) is 0 Å². The number of amides is 1. The van der Waals surface area contributed by atoms with Gasteiger partial charge in [0.15, 0.2) is 0 Å². The minimum absolute atomic E-state index is 0.0124. The Morgan fingerprint density at radius 1 is 1.83 bits per heavy atom. The second-order valence-electron chi connectivity index (χ2n) is 3.60. The highest BCUT2D eigenvalue weighted by Gasteiger charge is 2.34. The van der Waals surface area contributed by atoms with Gasteiger partial charge in [0.05, 0.1) is 6.07 Å². The molecule has 3 heteroatoms. The van der Waals surface area contributed by atoms with Crippen molar-refractivity contribution in [3.8, 4) is 6.07 Å². The molecule has 1 amide bonds. The lowest BCUT2D eigenvalue weighted by Crippen LogP contribution is -2.31. The summed E-state index contributed by atoms with van der Waals surface area (Å²) >= 11 is 0. The lowest BCUT2D eigenvalue weighted by Gasteiger charge is -2.04. The summed E-state index contributed by atoms with van der Waals surface area (Å²) in [5, 5.41) is 11.0. The summed E-state index contributed by atoms with van der Waals surface area (Å²) in [5.74, 6) is 1.28. The fraction of sp³-hybridized carbons (Fsp3) is 0.778. The highest BCUT2D eigenvalue weighted by atomic mass is 16.1. The van der Waals surface area contributed by atoms with Crippen LogP contribution < -0.4 is 5.32 Å². The molecule has 1 aliphatic rings. The van der Waals surface area contributed by atoms with Gasteiger partial charge in [0.1, 0.15) is 6.04 Å². The van der Waals surface area contributed by atoms with Crippen LogP contribution in [0.25, 0.3) is 0 Å². The van der Waals surface area contributed by atoms with Crippen molar-refractivity contribution >= 4 is 5.91 Å². The van der Waals surface area contributed by atoms with Gasteiger partial charge in [-0.05, 0) is 25.2 Å². The van der Waals surface area contributed by atoms with E-state index in [-0.39, 0.29) is 11.9 Å². The molecule has 1 N–H and O–H groups in total. The highest BCUT2D eigenvalue weighted by Crippen LogP contribution is 2.40. The van der Waals surface area contributed by atoms with Crippen LogP contribution in [0.1, 0.15) is 26.7 Å². The van der Waals surface area contributed by atoms with E-state index < -0.39 is 0 Å². The van der Waals surface area contributed by atoms with Gasteiger partial charge in [0.25, 0.3) is 0 Å². The SMILES string of the molecule is CC1CC1CC(=O)N[C@@H](C)C#N. The molecule has 1 fully saturated rings. The average molecular weight is 166 g/mol. The molecular formula is C9H14N2O. The van der Waals surface area contributed by atoms with E-state index in [1.807, 2.05) is 6.07 Å². The number of hydrogen-bond acceptors (Lipinski definition) is 2. The first kappa shape index (κ1) is 9.05. The van der Waals surface area contributed by atoms with Crippen molar-refractivity contribution in [3.63, 3.8) is 0 Å². The second kappa shape index (κ2) is 3.57. The largest absolute Gasteiger partial charge is 0.341 e. The van der Waals surface area contributed by atoms with Crippen molar-refractivity contribution in [1.29, 1.82) is 5.26 Å². The molecular weight excluding hydrogens is 152 g/mol. The van der Waals surface area contributed by atoms with E-state index in [2.05, 4.69) is 12.2 Å². The minimum Gasteiger partial charge on any atom is -0.341 e. The third-order valence-electron chi connectivity index (χ3n) is 2.29. The standard InChI is InChI=1S/C9H14N2O/c1-6-3-8(6)4-9(12)11-7(2)5-10/h6-8H,3-4H2,1-2H3,(H,11,12)/t6?,7-,8?/m0/s1. The minimum atomic E-state index is -0.355. The van der Waals surface area contributed by atoms with Crippen LogP contribution >= 0.6 is 0 Å². The van der Waals surface area contributed by atoms with Gasteiger partial charge in [0, 0.05) is 6.42 Å². The topological polar surface area (TPSA) is 52.9 Å². The van der Waals surface area contributed by atoms with Gasteiger partial charge in [0.2, 0.25) is 5.91 Å². The molecule has 66 valence electrons. The van der Waals surface area contributed by atoms with Gasteiger partial charge < -0.3 is 5.32 Å². The molecule has 0 aromatic heterocycles. The molecule has 0 aliphatic heterocycles. The molecule has 2 unspecified atom stereocenters. The summed E-state index contributed by atoms with van der Waals surface area (Å²) in [6, 6.07) is 1.61. The van der Waals surface area contributed by atoms with Gasteiger partial charge in [-0.3, -0.25) is 4.79 Å². The number of carbonyl (C=O) groups is 1. The quantitative estimate of drug-likeness (QED) is 0.681. The van der Waals surface area contributed by atoms with E-state index in [4.69, 9.17) is 5.26 Å². The van der Waals surface area contributed by atoms with Gasteiger partial charge in [-0.25, -0.2) is 0 Å². The summed E-state index contributed by atoms with van der Waals surface area (Å²) in [7, 11) is 0. The number of hydrogen-bond donors (Lipinski definition) is 1. The molecule has 0 bridgehead atoms. The number of nitrogens with zero attached hydrogens (tertiary/aromatic N) is 1. The molecule has 0 spiro atoms. The third kappa shape index (κ3) is 2.54. The number of nitrogens with one attached hydrogen (secondary N) is 1. The third-order valence-corrected chi connectivity index (χ3v) is 2.29. The van der Waals surface area contributed by atoms with E-state index in [1.54, 1.807) is 6.92 Å². The van der Waals surface area contributed by atoms with Crippen LogP contribution in [0, 0.1) is 23.2 Å². The Kier molecular flexibility index (Phi) is 2.69. The van der Waals surface area contributed by atoms with Crippen molar-refractivity contribution in [2.45, 2.75) is 32.7 Å². The normalized spacial score (nSPS) is 28.8. The monoisotopic (exact) mass is 166 g/mol. The van der Waals surface area contributed by atoms with Gasteiger partial charge in [-0.2, -0.15) is 5.26 Å². The van der Waals surface area contributed by atoms with Crippen LogP contribution in [0.4, 0.5) is 0 Å². The molecule has 0 aromatic carbocycles. The molecule has 3 atom stereocenters. The summed E-state index contributed by atoms with van der Waals surface area (Å²) in [5.41, 5.74) is 0. The summed E-state index contributed by atoms with van der Waals surface area (Å²) in [4.78, 5) is 11.1. The van der Waals surface area contributed by atoms with Crippen molar-refractivity contribution in [1.82, 2.24) is 5.32 Å². The Morgan fingerprint density at radius 2 is 2.42 bits per heavy atom. The van der Waals surface area contributed by atoms with Crippen molar-refractivity contribution in [3.05, 3.63) is 0 Å². The Labute approximate surface area is 72.8 Å². The average Bonchev–Trinajstić information content (AvgIpc) is 2.66. The Bertz CT molecular complexity index is 219. The molecule has 0 radical (unpaired) electrons. The molecule has 1 rings (SSSR count). The van der Waals surface area contributed by atoms with Crippen molar-refractivity contribution < 1.29 is 4.79 Å². The van der Waals surface area contributed by atoms with Gasteiger partial charge >= 0.3 is 0 Å². The number of rotatable bonds is 3. The zero-order valence-electron chi connectivity index (χ0n) is 7.50. The second-order valence-corrected chi connectivity index (χ2v) is 3.60. The van der Waals surface area contributed by atoms with Crippen LogP contribution in [0.15, 0.2) is 0 Å². The van der Waals surface area contributed by atoms with Crippen molar-refractivity contribution in [2.75, 3.05) is 0 Å². The first-order valence-electron chi connectivity index (χ1n) is 4.32. The maximum atomic E-state index is 11.1. The number of carbonyl (C=O) groups excluding carboxylic acids is 1. The Morgan fingerprint density at radius 3 is 2.83 bits per heavy atom. The molecule has 0 saturated heterocycles. The van der Waals surface area contributed by atoms with E-state index in [1.165, 1.54) is 0 Å². The van der Waals surface area contributed by atoms with E-state index in [9.17, 15) is 4.79 Å². The van der Waals surface area contributed by atoms with Crippen LogP contribution in [-0.2, 0) is 4.79 Å². The predicted molar refractivity (Wildman–Crippen MR) is 45.1 cm³/mol. The first-order chi connectivity index (χ1) is 5.63. The summed E-state index contributed by atoms with van der Waals surface area (Å²) < 4.78 is 0. The lowest BCUT2D eigenvalue weighted by molar-refractivity contribution is -0.121. The number of nitriles is 1. The molecule has 0 aromatic rings.